The predicted octanol–water partition coefficient (Wildman–Crippen LogP) is 5.47. The van der Waals surface area contributed by atoms with Crippen molar-refractivity contribution in [2.24, 2.45) is 0 Å². The van der Waals surface area contributed by atoms with Gasteiger partial charge in [0.25, 0.3) is 10.0 Å². The summed E-state index contributed by atoms with van der Waals surface area (Å²) in [7, 11) is -3.83. The van der Waals surface area contributed by atoms with E-state index in [2.05, 4.69) is 9.44 Å². The average Bonchev–Trinajstić information content (AvgIpc) is 2.67. The van der Waals surface area contributed by atoms with Crippen molar-refractivity contribution < 1.29 is 13.0 Å². The third-order valence-electron chi connectivity index (χ3n) is 5.12. The van der Waals surface area contributed by atoms with Gasteiger partial charge in [-0.25, -0.2) is 13.1 Å². The Kier molecular flexibility index (Phi) is 6.69. The molecule has 3 aromatic carbocycles. The highest BCUT2D eigenvalue weighted by molar-refractivity contribution is 7.93. The van der Waals surface area contributed by atoms with E-state index in [1.807, 2.05) is 65.8 Å². The second kappa shape index (κ2) is 8.94. The second-order valence-electron chi connectivity index (χ2n) is 8.00. The predicted molar refractivity (Wildman–Crippen MR) is 129 cm³/mol. The van der Waals surface area contributed by atoms with Crippen LogP contribution in [0.15, 0.2) is 58.3 Å². The third kappa shape index (κ3) is 5.23. The second-order valence-corrected chi connectivity index (χ2v) is 10.9. The van der Waals surface area contributed by atoms with Crippen LogP contribution in [0.3, 0.4) is 0 Å². The Labute approximate surface area is 188 Å². The summed E-state index contributed by atoms with van der Waals surface area (Å²) in [6.45, 7) is 11.6. The van der Waals surface area contributed by atoms with Crippen molar-refractivity contribution in [3.63, 3.8) is 0 Å². The summed E-state index contributed by atoms with van der Waals surface area (Å²) in [5.74, 6) is 0. The normalized spacial score (nSPS) is 12.5. The van der Waals surface area contributed by atoms with Crippen LogP contribution in [0, 0.1) is 41.5 Å². The van der Waals surface area contributed by atoms with Gasteiger partial charge in [0.15, 0.2) is 4.90 Å². The molecule has 3 aromatic rings. The summed E-state index contributed by atoms with van der Waals surface area (Å²) < 4.78 is 44.8. The van der Waals surface area contributed by atoms with Gasteiger partial charge in [-0.05, 0) is 75.9 Å². The molecule has 0 aliphatic rings. The van der Waals surface area contributed by atoms with Crippen LogP contribution in [-0.4, -0.2) is 13.0 Å². The highest BCUT2D eigenvalue weighted by Crippen LogP contribution is 2.28. The smallest absolute Gasteiger partial charge is 0.262 e. The highest BCUT2D eigenvalue weighted by atomic mass is 32.2. The number of hydrogen-bond acceptors (Lipinski definition) is 4. The average molecular weight is 457 g/mol. The molecule has 0 saturated carbocycles. The molecule has 0 spiro atoms. The molecule has 0 fully saturated rings. The van der Waals surface area contributed by atoms with Gasteiger partial charge in [0, 0.05) is 6.07 Å². The summed E-state index contributed by atoms with van der Waals surface area (Å²) in [6.07, 6.45) is 0. The van der Waals surface area contributed by atoms with Crippen molar-refractivity contribution in [2.75, 3.05) is 9.44 Å². The van der Waals surface area contributed by atoms with E-state index in [0.717, 1.165) is 39.1 Å². The number of hydrogen-bond donors (Lipinski definition) is 2. The van der Waals surface area contributed by atoms with Crippen LogP contribution in [0.5, 0.6) is 0 Å². The molecule has 0 heterocycles. The Balaban J connectivity index is 1.89. The monoisotopic (exact) mass is 456 g/mol. The number of nitrogens with one attached hydrogen (secondary N) is 2. The maximum absolute atomic E-state index is 13.0. The molecule has 0 aromatic heterocycles. The Hall–Kier alpha value is -2.48. The molecular weight excluding hydrogens is 428 g/mol. The van der Waals surface area contributed by atoms with Gasteiger partial charge in [-0.1, -0.05) is 41.5 Å². The van der Waals surface area contributed by atoms with Crippen LogP contribution in [0.1, 0.15) is 33.4 Å². The number of benzene rings is 3. The zero-order valence-electron chi connectivity index (χ0n) is 18.7. The molecular formula is C24H28N2O3S2. The van der Waals surface area contributed by atoms with Gasteiger partial charge in [-0.3, -0.25) is 4.72 Å². The zero-order chi connectivity index (χ0) is 22.9. The summed E-state index contributed by atoms with van der Waals surface area (Å²) >= 11 is -1.61. The van der Waals surface area contributed by atoms with Gasteiger partial charge in [-0.2, -0.15) is 0 Å². The van der Waals surface area contributed by atoms with E-state index in [-0.39, 0.29) is 4.90 Å². The van der Waals surface area contributed by atoms with E-state index in [1.54, 1.807) is 12.1 Å². The van der Waals surface area contributed by atoms with Crippen molar-refractivity contribution in [3.8, 4) is 0 Å². The van der Waals surface area contributed by atoms with Crippen LogP contribution >= 0.6 is 0 Å². The number of sulfonamides is 1. The molecule has 5 nitrogen and oxygen atoms in total. The third-order valence-corrected chi connectivity index (χ3v) is 7.53. The van der Waals surface area contributed by atoms with Crippen LogP contribution < -0.4 is 9.44 Å². The molecule has 31 heavy (non-hydrogen) atoms. The van der Waals surface area contributed by atoms with Crippen molar-refractivity contribution in [3.05, 3.63) is 81.9 Å². The lowest BCUT2D eigenvalue weighted by Crippen LogP contribution is -2.18. The Morgan fingerprint density at radius 1 is 0.742 bits per heavy atom. The van der Waals surface area contributed by atoms with Gasteiger partial charge in [0.05, 0.1) is 16.3 Å². The van der Waals surface area contributed by atoms with E-state index in [9.17, 15) is 13.0 Å². The van der Waals surface area contributed by atoms with E-state index < -0.39 is 21.4 Å². The molecule has 0 bridgehead atoms. The zero-order valence-corrected chi connectivity index (χ0v) is 20.3. The van der Waals surface area contributed by atoms with Gasteiger partial charge in [-0.15, -0.1) is 0 Å². The molecule has 0 aliphatic carbocycles. The standard InChI is InChI=1S/C24H28N2O3S2/c1-15-10-17(3)23(18(4)11-15)25-30(27)21-8-7-9-22(14-21)31(28,29)26-24-19(5)12-16(2)13-20(24)6/h7-14,25-26H,1-6H3. The minimum absolute atomic E-state index is 0.0666. The van der Waals surface area contributed by atoms with Gasteiger partial charge >= 0.3 is 0 Å². The van der Waals surface area contributed by atoms with E-state index in [0.29, 0.717) is 10.6 Å². The first-order valence-electron chi connectivity index (χ1n) is 9.95. The molecule has 1 atom stereocenters. The fourth-order valence-corrected chi connectivity index (χ4v) is 6.17. The van der Waals surface area contributed by atoms with E-state index in [1.165, 1.54) is 12.1 Å². The largest absolute Gasteiger partial charge is 0.588 e. The first-order chi connectivity index (χ1) is 14.5. The summed E-state index contributed by atoms with van der Waals surface area (Å²) in [5.41, 5.74) is 7.25. The fraction of sp³-hybridized carbons (Fsp3) is 0.250. The molecule has 1 unspecified atom stereocenters. The molecule has 0 amide bonds. The summed E-state index contributed by atoms with van der Waals surface area (Å²) in [4.78, 5) is 0.455. The number of aryl methyl sites for hydroxylation is 6. The van der Waals surface area contributed by atoms with Crippen molar-refractivity contribution in [2.45, 2.75) is 51.3 Å². The van der Waals surface area contributed by atoms with Crippen LogP contribution in [-0.2, 0) is 21.4 Å². The fourth-order valence-electron chi connectivity index (χ4n) is 3.78. The Morgan fingerprint density at radius 3 is 1.74 bits per heavy atom. The molecule has 2 N–H and O–H groups in total. The highest BCUT2D eigenvalue weighted by Gasteiger charge is 2.21. The van der Waals surface area contributed by atoms with Gasteiger partial charge < -0.3 is 4.55 Å². The quantitative estimate of drug-likeness (QED) is 0.482. The molecule has 3 rings (SSSR count). The van der Waals surface area contributed by atoms with Crippen molar-refractivity contribution >= 4 is 32.8 Å². The minimum atomic E-state index is -3.83. The first kappa shape index (κ1) is 23.2. The maximum Gasteiger partial charge on any atom is 0.262 e. The van der Waals surface area contributed by atoms with Gasteiger partial charge in [0.1, 0.15) is 11.4 Å². The first-order valence-corrected chi connectivity index (χ1v) is 12.6. The molecule has 164 valence electrons. The molecule has 7 heteroatoms. The lowest BCUT2D eigenvalue weighted by atomic mass is 10.1. The summed E-state index contributed by atoms with van der Waals surface area (Å²) in [5, 5.41) is 0. The van der Waals surface area contributed by atoms with Crippen LogP contribution in [0.4, 0.5) is 11.4 Å². The lowest BCUT2D eigenvalue weighted by Gasteiger charge is -2.17. The van der Waals surface area contributed by atoms with E-state index >= 15 is 0 Å². The van der Waals surface area contributed by atoms with Crippen molar-refractivity contribution in [1.82, 2.24) is 0 Å². The Bertz CT molecular complexity index is 1190. The van der Waals surface area contributed by atoms with Crippen molar-refractivity contribution in [1.29, 1.82) is 0 Å². The van der Waals surface area contributed by atoms with Gasteiger partial charge in [0.2, 0.25) is 0 Å². The summed E-state index contributed by atoms with van der Waals surface area (Å²) in [6, 6.07) is 14.1. The SMILES string of the molecule is Cc1cc(C)c(N[S+]([O-])c2cccc(S(=O)(=O)Nc3c(C)cc(C)cc3C)c2)c(C)c1. The molecule has 0 radical (unpaired) electrons. The topological polar surface area (TPSA) is 81.3 Å². The maximum atomic E-state index is 13.0. The van der Waals surface area contributed by atoms with E-state index in [4.69, 9.17) is 0 Å². The molecule has 0 saturated heterocycles. The Morgan fingerprint density at radius 2 is 1.23 bits per heavy atom. The van der Waals surface area contributed by atoms with Crippen LogP contribution in [0.2, 0.25) is 0 Å². The minimum Gasteiger partial charge on any atom is -0.588 e. The molecule has 0 aliphatic heterocycles. The van der Waals surface area contributed by atoms with Crippen LogP contribution in [0.25, 0.3) is 0 Å². The lowest BCUT2D eigenvalue weighted by molar-refractivity contribution is 0.598. The number of anilines is 2. The number of rotatable bonds is 6.